The van der Waals surface area contributed by atoms with E-state index < -0.39 is 0 Å². The molecular formula is C23H17BrO3. The Morgan fingerprint density at radius 1 is 1.04 bits per heavy atom. The molecule has 3 aromatic carbocycles. The molecule has 0 unspecified atom stereocenters. The molecule has 0 aliphatic carbocycles. The predicted molar refractivity (Wildman–Crippen MR) is 109 cm³/mol. The topological polar surface area (TPSA) is 35.5 Å². The quantitative estimate of drug-likeness (QED) is 0.488. The Hall–Kier alpha value is -2.85. The van der Waals surface area contributed by atoms with Gasteiger partial charge in [-0.25, -0.2) is 0 Å². The zero-order chi connectivity index (χ0) is 18.8. The second-order valence-corrected chi connectivity index (χ2v) is 7.25. The van der Waals surface area contributed by atoms with Gasteiger partial charge in [-0.15, -0.1) is 0 Å². The third-order valence-corrected chi connectivity index (χ3v) is 4.91. The summed E-state index contributed by atoms with van der Waals surface area (Å²) < 4.78 is 12.8. The minimum Gasteiger partial charge on any atom is -0.488 e. The monoisotopic (exact) mass is 420 g/mol. The highest BCUT2D eigenvalue weighted by Gasteiger charge is 2.30. The smallest absolute Gasteiger partial charge is 0.231 e. The van der Waals surface area contributed by atoms with Crippen LogP contribution >= 0.6 is 15.9 Å². The summed E-state index contributed by atoms with van der Waals surface area (Å²) in [5.41, 5.74) is 3.39. The number of halogens is 1. The molecule has 0 atom stereocenters. The molecule has 27 heavy (non-hydrogen) atoms. The summed E-state index contributed by atoms with van der Waals surface area (Å²) in [5.74, 6) is 1.51. The molecule has 0 radical (unpaired) electrons. The second kappa shape index (κ2) is 7.41. The average Bonchev–Trinajstić information content (AvgIpc) is 2.99. The molecular weight excluding hydrogens is 404 g/mol. The SMILES string of the molecule is Cc1c(OCc2ccccc2)ccc2c1O/C(=C\c1cccc(Br)c1)C2=O. The van der Waals surface area contributed by atoms with Gasteiger partial charge in [-0.3, -0.25) is 4.79 Å². The fourth-order valence-electron chi connectivity index (χ4n) is 3.01. The van der Waals surface area contributed by atoms with Gasteiger partial charge in [-0.05, 0) is 48.4 Å². The first-order chi connectivity index (χ1) is 13.1. The summed E-state index contributed by atoms with van der Waals surface area (Å²) in [6.45, 7) is 2.38. The van der Waals surface area contributed by atoms with Crippen molar-refractivity contribution in [2.45, 2.75) is 13.5 Å². The fourth-order valence-corrected chi connectivity index (χ4v) is 3.42. The van der Waals surface area contributed by atoms with E-state index in [2.05, 4.69) is 15.9 Å². The van der Waals surface area contributed by atoms with Crippen molar-refractivity contribution in [3.8, 4) is 11.5 Å². The number of Topliss-reactive ketones (excluding diaryl/α,β-unsaturated/α-hetero) is 1. The predicted octanol–water partition coefficient (Wildman–Crippen LogP) is 5.95. The number of hydrogen-bond donors (Lipinski definition) is 0. The number of carbonyl (C=O) groups is 1. The summed E-state index contributed by atoms with van der Waals surface area (Å²) in [4.78, 5) is 12.7. The van der Waals surface area contributed by atoms with Crippen molar-refractivity contribution in [1.29, 1.82) is 0 Å². The number of fused-ring (bicyclic) bond motifs is 1. The third-order valence-electron chi connectivity index (χ3n) is 4.42. The van der Waals surface area contributed by atoms with Crippen molar-refractivity contribution in [3.05, 3.63) is 99.2 Å². The number of rotatable bonds is 4. The van der Waals surface area contributed by atoms with Crippen molar-refractivity contribution in [2.24, 2.45) is 0 Å². The Balaban J connectivity index is 1.59. The average molecular weight is 421 g/mol. The first-order valence-electron chi connectivity index (χ1n) is 8.62. The van der Waals surface area contributed by atoms with E-state index in [-0.39, 0.29) is 5.78 Å². The third kappa shape index (κ3) is 3.67. The molecule has 1 aliphatic heterocycles. The molecule has 134 valence electrons. The van der Waals surface area contributed by atoms with Crippen LogP contribution in [0.4, 0.5) is 0 Å². The van der Waals surface area contributed by atoms with Gasteiger partial charge in [-0.2, -0.15) is 0 Å². The molecule has 1 aliphatic rings. The Morgan fingerprint density at radius 2 is 1.85 bits per heavy atom. The zero-order valence-electron chi connectivity index (χ0n) is 14.7. The van der Waals surface area contributed by atoms with Crippen LogP contribution in [0.15, 0.2) is 77.0 Å². The lowest BCUT2D eigenvalue weighted by molar-refractivity contribution is 0.101. The van der Waals surface area contributed by atoms with E-state index in [1.165, 1.54) is 0 Å². The highest BCUT2D eigenvalue weighted by atomic mass is 79.9. The molecule has 0 aromatic heterocycles. The van der Waals surface area contributed by atoms with E-state index in [1.807, 2.05) is 67.6 Å². The van der Waals surface area contributed by atoms with Crippen LogP contribution < -0.4 is 9.47 Å². The van der Waals surface area contributed by atoms with Gasteiger partial charge < -0.3 is 9.47 Å². The molecule has 0 N–H and O–H groups in total. The molecule has 4 rings (SSSR count). The minimum atomic E-state index is -0.109. The first-order valence-corrected chi connectivity index (χ1v) is 9.41. The summed E-state index contributed by atoms with van der Waals surface area (Å²) in [6.07, 6.45) is 1.76. The van der Waals surface area contributed by atoms with Gasteiger partial charge in [0.1, 0.15) is 18.1 Å². The number of benzene rings is 3. The number of ether oxygens (including phenoxy) is 2. The number of allylic oxidation sites excluding steroid dienone is 1. The van der Waals surface area contributed by atoms with Crippen molar-refractivity contribution >= 4 is 27.8 Å². The highest BCUT2D eigenvalue weighted by molar-refractivity contribution is 9.10. The van der Waals surface area contributed by atoms with Crippen LogP contribution in [0.2, 0.25) is 0 Å². The zero-order valence-corrected chi connectivity index (χ0v) is 16.3. The van der Waals surface area contributed by atoms with E-state index in [4.69, 9.17) is 9.47 Å². The molecule has 3 aromatic rings. The highest BCUT2D eigenvalue weighted by Crippen LogP contribution is 2.39. The van der Waals surface area contributed by atoms with E-state index >= 15 is 0 Å². The summed E-state index contributed by atoms with van der Waals surface area (Å²) >= 11 is 3.44. The standard InChI is InChI=1S/C23H17BrO3/c1-15-20(26-14-16-6-3-2-4-7-16)11-10-19-22(25)21(27-23(15)19)13-17-8-5-9-18(24)12-17/h2-13H,14H2,1H3/b21-13-. The van der Waals surface area contributed by atoms with Gasteiger partial charge in [0.05, 0.1) is 5.56 Å². The Morgan fingerprint density at radius 3 is 2.63 bits per heavy atom. The lowest BCUT2D eigenvalue weighted by Crippen LogP contribution is -1.98. The fraction of sp³-hybridized carbons (Fsp3) is 0.0870. The van der Waals surface area contributed by atoms with Crippen LogP contribution in [0.1, 0.15) is 27.0 Å². The lowest BCUT2D eigenvalue weighted by atomic mass is 10.1. The lowest BCUT2D eigenvalue weighted by Gasteiger charge is -2.11. The van der Waals surface area contributed by atoms with Gasteiger partial charge in [-0.1, -0.05) is 58.4 Å². The second-order valence-electron chi connectivity index (χ2n) is 6.33. The molecule has 0 fully saturated rings. The number of carbonyl (C=O) groups excluding carboxylic acids is 1. The number of hydrogen-bond acceptors (Lipinski definition) is 3. The molecule has 0 saturated carbocycles. The van der Waals surface area contributed by atoms with E-state index in [0.717, 1.165) is 21.2 Å². The molecule has 0 saturated heterocycles. The summed E-state index contributed by atoms with van der Waals surface area (Å²) in [5, 5.41) is 0. The van der Waals surface area contributed by atoms with Crippen LogP contribution in [0, 0.1) is 6.92 Å². The minimum absolute atomic E-state index is 0.109. The molecule has 4 heteroatoms. The van der Waals surface area contributed by atoms with Crippen LogP contribution in [0.5, 0.6) is 11.5 Å². The Kier molecular flexibility index (Phi) is 4.82. The van der Waals surface area contributed by atoms with Crippen LogP contribution in [-0.2, 0) is 6.61 Å². The first kappa shape index (κ1) is 17.6. The van der Waals surface area contributed by atoms with Gasteiger partial charge in [0, 0.05) is 10.0 Å². The van der Waals surface area contributed by atoms with E-state index in [1.54, 1.807) is 12.1 Å². The number of ketones is 1. The van der Waals surface area contributed by atoms with Gasteiger partial charge in [0.2, 0.25) is 5.78 Å². The van der Waals surface area contributed by atoms with E-state index in [0.29, 0.717) is 29.4 Å². The van der Waals surface area contributed by atoms with Gasteiger partial charge in [0.25, 0.3) is 0 Å². The summed E-state index contributed by atoms with van der Waals surface area (Å²) in [6, 6.07) is 21.3. The van der Waals surface area contributed by atoms with Crippen molar-refractivity contribution in [3.63, 3.8) is 0 Å². The maximum Gasteiger partial charge on any atom is 0.231 e. The molecule has 1 heterocycles. The Bertz CT molecular complexity index is 1040. The summed E-state index contributed by atoms with van der Waals surface area (Å²) in [7, 11) is 0. The Labute approximate surface area is 166 Å². The van der Waals surface area contributed by atoms with E-state index in [9.17, 15) is 4.79 Å². The van der Waals surface area contributed by atoms with Crippen molar-refractivity contribution < 1.29 is 14.3 Å². The van der Waals surface area contributed by atoms with Crippen molar-refractivity contribution in [1.82, 2.24) is 0 Å². The van der Waals surface area contributed by atoms with Crippen LogP contribution in [-0.4, -0.2) is 5.78 Å². The van der Waals surface area contributed by atoms with Crippen LogP contribution in [0.25, 0.3) is 6.08 Å². The molecule has 3 nitrogen and oxygen atoms in total. The largest absolute Gasteiger partial charge is 0.488 e. The normalized spacial score (nSPS) is 14.1. The van der Waals surface area contributed by atoms with Crippen LogP contribution in [0.3, 0.4) is 0 Å². The molecule has 0 bridgehead atoms. The molecule has 0 amide bonds. The van der Waals surface area contributed by atoms with Gasteiger partial charge >= 0.3 is 0 Å². The maximum atomic E-state index is 12.7. The van der Waals surface area contributed by atoms with Gasteiger partial charge in [0.15, 0.2) is 5.76 Å². The van der Waals surface area contributed by atoms with Crippen molar-refractivity contribution in [2.75, 3.05) is 0 Å². The molecule has 0 spiro atoms. The maximum absolute atomic E-state index is 12.7.